The van der Waals surface area contributed by atoms with Crippen LogP contribution in [-0.4, -0.2) is 25.2 Å². The third-order valence-corrected chi connectivity index (χ3v) is 3.55. The third kappa shape index (κ3) is 4.44. The molecule has 0 aromatic heterocycles. The van der Waals surface area contributed by atoms with E-state index in [1.165, 1.54) is 6.42 Å². The van der Waals surface area contributed by atoms with Crippen molar-refractivity contribution in [3.63, 3.8) is 0 Å². The molecule has 2 rings (SSSR count). The van der Waals surface area contributed by atoms with Crippen LogP contribution in [0, 0.1) is 0 Å². The Labute approximate surface area is 120 Å². The molecule has 1 aliphatic carbocycles. The summed E-state index contributed by atoms with van der Waals surface area (Å²) in [5.74, 6) is 0.926. The van der Waals surface area contributed by atoms with Gasteiger partial charge < -0.3 is 15.4 Å². The van der Waals surface area contributed by atoms with Gasteiger partial charge in [-0.1, -0.05) is 25.1 Å². The standard InChI is InChI=1S/C16H24N2O2/c1-2-12-20-15-9-4-3-6-13(15)10-11-17-16(19)18-14-7-5-8-14/h3-4,6,9,14H,2,5,7-8,10-12H2,1H3,(H2,17,18,19). The molecule has 0 atom stereocenters. The highest BCUT2D eigenvalue weighted by molar-refractivity contribution is 5.74. The molecule has 0 unspecified atom stereocenters. The van der Waals surface area contributed by atoms with Gasteiger partial charge in [0, 0.05) is 12.6 Å². The maximum atomic E-state index is 11.6. The van der Waals surface area contributed by atoms with Gasteiger partial charge in [0.15, 0.2) is 0 Å². The molecule has 1 aliphatic rings. The second-order valence-corrected chi connectivity index (χ2v) is 5.23. The summed E-state index contributed by atoms with van der Waals surface area (Å²) >= 11 is 0. The fourth-order valence-electron chi connectivity index (χ4n) is 2.16. The molecule has 0 aliphatic heterocycles. The first-order valence-corrected chi connectivity index (χ1v) is 7.54. The molecule has 4 heteroatoms. The predicted molar refractivity (Wildman–Crippen MR) is 80.1 cm³/mol. The minimum atomic E-state index is -0.0540. The van der Waals surface area contributed by atoms with Gasteiger partial charge in [-0.3, -0.25) is 0 Å². The van der Waals surface area contributed by atoms with Crippen LogP contribution in [0.15, 0.2) is 24.3 Å². The summed E-state index contributed by atoms with van der Waals surface area (Å²) in [6.45, 7) is 3.45. The van der Waals surface area contributed by atoms with Crippen LogP contribution in [0.3, 0.4) is 0 Å². The number of para-hydroxylation sites is 1. The number of hydrogen-bond donors (Lipinski definition) is 2. The van der Waals surface area contributed by atoms with Crippen molar-refractivity contribution in [2.24, 2.45) is 0 Å². The molecule has 20 heavy (non-hydrogen) atoms. The quantitative estimate of drug-likeness (QED) is 0.804. The van der Waals surface area contributed by atoms with Crippen molar-refractivity contribution in [3.8, 4) is 5.75 Å². The van der Waals surface area contributed by atoms with E-state index in [0.29, 0.717) is 12.6 Å². The van der Waals surface area contributed by atoms with Gasteiger partial charge in [-0.05, 0) is 43.7 Å². The molecule has 1 saturated carbocycles. The van der Waals surface area contributed by atoms with Crippen molar-refractivity contribution in [3.05, 3.63) is 29.8 Å². The fourth-order valence-corrected chi connectivity index (χ4v) is 2.16. The van der Waals surface area contributed by atoms with Gasteiger partial charge in [0.1, 0.15) is 5.75 Å². The van der Waals surface area contributed by atoms with Crippen LogP contribution in [0.4, 0.5) is 4.79 Å². The second kappa shape index (κ2) is 7.78. The SMILES string of the molecule is CCCOc1ccccc1CCNC(=O)NC1CCC1. The Kier molecular flexibility index (Phi) is 5.71. The van der Waals surface area contributed by atoms with Gasteiger partial charge in [-0.2, -0.15) is 0 Å². The lowest BCUT2D eigenvalue weighted by molar-refractivity contribution is 0.228. The highest BCUT2D eigenvalue weighted by Gasteiger charge is 2.18. The van der Waals surface area contributed by atoms with Gasteiger partial charge in [0.05, 0.1) is 6.61 Å². The second-order valence-electron chi connectivity index (χ2n) is 5.23. The van der Waals surface area contributed by atoms with Crippen LogP contribution in [0.1, 0.15) is 38.2 Å². The molecule has 0 bridgehead atoms. The minimum absolute atomic E-state index is 0.0540. The highest BCUT2D eigenvalue weighted by Crippen LogP contribution is 2.19. The van der Waals surface area contributed by atoms with Crippen LogP contribution in [0.25, 0.3) is 0 Å². The molecule has 0 saturated heterocycles. The molecule has 0 spiro atoms. The Morgan fingerprint density at radius 1 is 1.35 bits per heavy atom. The average Bonchev–Trinajstić information content (AvgIpc) is 2.42. The van der Waals surface area contributed by atoms with Gasteiger partial charge in [-0.25, -0.2) is 4.79 Å². The van der Waals surface area contributed by atoms with E-state index in [-0.39, 0.29) is 6.03 Å². The number of nitrogens with one attached hydrogen (secondary N) is 2. The van der Waals surface area contributed by atoms with E-state index < -0.39 is 0 Å². The van der Waals surface area contributed by atoms with E-state index in [4.69, 9.17) is 4.74 Å². The number of urea groups is 1. The topological polar surface area (TPSA) is 50.4 Å². The number of amides is 2. The molecule has 1 aromatic carbocycles. The number of rotatable bonds is 7. The van der Waals surface area contributed by atoms with Crippen molar-refractivity contribution < 1.29 is 9.53 Å². The number of hydrogen-bond acceptors (Lipinski definition) is 2. The maximum Gasteiger partial charge on any atom is 0.315 e. The van der Waals surface area contributed by atoms with Crippen LogP contribution in [0.5, 0.6) is 5.75 Å². The van der Waals surface area contributed by atoms with Crippen molar-refractivity contribution in [2.45, 2.75) is 45.1 Å². The van der Waals surface area contributed by atoms with Gasteiger partial charge >= 0.3 is 6.03 Å². The van der Waals surface area contributed by atoms with Crippen molar-refractivity contribution >= 4 is 6.03 Å². The molecule has 0 heterocycles. The lowest BCUT2D eigenvalue weighted by Gasteiger charge is -2.26. The number of ether oxygens (including phenoxy) is 1. The van der Waals surface area contributed by atoms with Crippen LogP contribution in [-0.2, 0) is 6.42 Å². The molecule has 0 radical (unpaired) electrons. The van der Waals surface area contributed by atoms with E-state index in [9.17, 15) is 4.79 Å². The van der Waals surface area contributed by atoms with Crippen LogP contribution in [0.2, 0.25) is 0 Å². The lowest BCUT2D eigenvalue weighted by Crippen LogP contribution is -2.45. The van der Waals surface area contributed by atoms with Crippen LogP contribution >= 0.6 is 0 Å². The number of carbonyl (C=O) groups is 1. The Balaban J connectivity index is 1.73. The molecule has 4 nitrogen and oxygen atoms in total. The van der Waals surface area contributed by atoms with E-state index in [1.807, 2.05) is 18.2 Å². The normalized spacial score (nSPS) is 14.4. The highest BCUT2D eigenvalue weighted by atomic mass is 16.5. The first-order valence-electron chi connectivity index (χ1n) is 7.54. The molecular formula is C16H24N2O2. The summed E-state index contributed by atoms with van der Waals surface area (Å²) in [6, 6.07) is 8.35. The zero-order valence-corrected chi connectivity index (χ0v) is 12.2. The van der Waals surface area contributed by atoms with Gasteiger partial charge in [0.25, 0.3) is 0 Å². The summed E-state index contributed by atoms with van der Waals surface area (Å²) in [7, 11) is 0. The summed E-state index contributed by atoms with van der Waals surface area (Å²) in [6.07, 6.45) is 5.24. The first kappa shape index (κ1) is 14.7. The third-order valence-electron chi connectivity index (χ3n) is 3.55. The van der Waals surface area contributed by atoms with E-state index >= 15 is 0 Å². The van der Waals surface area contributed by atoms with Crippen LogP contribution < -0.4 is 15.4 Å². The largest absolute Gasteiger partial charge is 0.493 e. The fraction of sp³-hybridized carbons (Fsp3) is 0.562. The monoisotopic (exact) mass is 276 g/mol. The molecule has 2 amide bonds. The summed E-state index contributed by atoms with van der Waals surface area (Å²) in [5, 5.41) is 5.88. The van der Waals surface area contributed by atoms with Gasteiger partial charge in [0.2, 0.25) is 0 Å². The summed E-state index contributed by atoms with van der Waals surface area (Å²) in [4.78, 5) is 11.6. The summed E-state index contributed by atoms with van der Waals surface area (Å²) < 4.78 is 5.71. The number of benzene rings is 1. The maximum absolute atomic E-state index is 11.6. The van der Waals surface area contributed by atoms with Crippen molar-refractivity contribution in [1.29, 1.82) is 0 Å². The van der Waals surface area contributed by atoms with Crippen molar-refractivity contribution in [1.82, 2.24) is 10.6 Å². The lowest BCUT2D eigenvalue weighted by atomic mass is 9.93. The number of carbonyl (C=O) groups excluding carboxylic acids is 1. The van der Waals surface area contributed by atoms with E-state index in [2.05, 4.69) is 23.6 Å². The molecule has 2 N–H and O–H groups in total. The van der Waals surface area contributed by atoms with E-state index in [1.54, 1.807) is 0 Å². The zero-order chi connectivity index (χ0) is 14.2. The zero-order valence-electron chi connectivity index (χ0n) is 12.2. The summed E-state index contributed by atoms with van der Waals surface area (Å²) in [5.41, 5.74) is 1.14. The van der Waals surface area contributed by atoms with E-state index in [0.717, 1.165) is 43.6 Å². The molecule has 1 aromatic rings. The predicted octanol–water partition coefficient (Wildman–Crippen LogP) is 2.87. The minimum Gasteiger partial charge on any atom is -0.493 e. The average molecular weight is 276 g/mol. The molecule has 110 valence electrons. The smallest absolute Gasteiger partial charge is 0.315 e. The molecular weight excluding hydrogens is 252 g/mol. The van der Waals surface area contributed by atoms with Gasteiger partial charge in [-0.15, -0.1) is 0 Å². The Morgan fingerprint density at radius 3 is 2.85 bits per heavy atom. The first-order chi connectivity index (χ1) is 9.79. The Bertz CT molecular complexity index is 430. The Hall–Kier alpha value is -1.71. The molecule has 1 fully saturated rings. The Morgan fingerprint density at radius 2 is 2.15 bits per heavy atom. The van der Waals surface area contributed by atoms with Crippen molar-refractivity contribution in [2.75, 3.05) is 13.2 Å².